The number of rotatable bonds is 3. The summed E-state index contributed by atoms with van der Waals surface area (Å²) < 4.78 is 53.2. The molecule has 14 heteroatoms. The molecule has 1 unspecified atom stereocenters. The largest absolute Gasteiger partial charge is 0.434 e. The molecule has 4 aromatic heterocycles. The second-order valence-corrected chi connectivity index (χ2v) is 8.04. The van der Waals surface area contributed by atoms with E-state index in [1.807, 2.05) is 29.3 Å². The number of nitrogens with two attached hydrogens (primary N) is 1. The number of carbonyl (C=O) groups excluding carboxylic acids is 1. The number of fused-ring (bicyclic) bond motifs is 1. The van der Waals surface area contributed by atoms with Gasteiger partial charge in [0.15, 0.2) is 11.3 Å². The third-order valence-corrected chi connectivity index (χ3v) is 5.72. The van der Waals surface area contributed by atoms with Crippen molar-refractivity contribution in [3.63, 3.8) is 0 Å². The summed E-state index contributed by atoms with van der Waals surface area (Å²) in [6.45, 7) is 1.12. The van der Waals surface area contributed by atoms with E-state index < -0.39 is 23.9 Å². The van der Waals surface area contributed by atoms with Gasteiger partial charge >= 0.3 is 6.18 Å². The molecule has 0 aliphatic carbocycles. The molecule has 5 heterocycles. The van der Waals surface area contributed by atoms with Crippen LogP contribution in [0.25, 0.3) is 16.2 Å². The third kappa shape index (κ3) is 4.79. The molecule has 5 rings (SSSR count). The average Bonchev–Trinajstić information content (AvgIpc) is 3.52. The molecule has 0 spiro atoms. The Bertz CT molecular complexity index is 1250. The van der Waals surface area contributed by atoms with Crippen LogP contribution in [0.4, 0.5) is 23.5 Å². The Kier molecular flexibility index (Phi) is 6.01. The number of pyridine rings is 1. The molecule has 2 N–H and O–H groups in total. The predicted octanol–water partition coefficient (Wildman–Crippen LogP) is 2.94. The normalized spacial score (nSPS) is 16.2. The standard InChI is InChI=1S/C10H11FN4.C9H7F3N4OS/c11-8-4-6-14(7-8)10-12-9-3-1-2-5-15(9)13-10;1-16-6(7(13)17)4(2-14-16)8-15-5(3-18-8)9(10,11)12/h1-3,5,8H,4,6-7H2;2-3H,1H3,(H2,13,17). The van der Waals surface area contributed by atoms with Crippen molar-refractivity contribution in [1.29, 1.82) is 0 Å². The second kappa shape index (κ2) is 8.77. The summed E-state index contributed by atoms with van der Waals surface area (Å²) in [6.07, 6.45) is -1.57. The maximum atomic E-state index is 13.0. The fourth-order valence-corrected chi connectivity index (χ4v) is 4.10. The topological polar surface area (TPSA) is 107 Å². The molecule has 1 aliphatic rings. The monoisotopic (exact) mass is 482 g/mol. The number of aryl methyl sites for hydroxylation is 1. The molecule has 9 nitrogen and oxygen atoms in total. The van der Waals surface area contributed by atoms with E-state index >= 15 is 0 Å². The highest BCUT2D eigenvalue weighted by molar-refractivity contribution is 7.13. The van der Waals surface area contributed by atoms with Gasteiger partial charge in [-0.3, -0.25) is 9.48 Å². The summed E-state index contributed by atoms with van der Waals surface area (Å²) in [5.74, 6) is -0.143. The first-order valence-corrected chi connectivity index (χ1v) is 10.6. The summed E-state index contributed by atoms with van der Waals surface area (Å²) in [7, 11) is 1.47. The minimum absolute atomic E-state index is 0.0260. The summed E-state index contributed by atoms with van der Waals surface area (Å²) in [6, 6.07) is 5.70. The quantitative estimate of drug-likeness (QED) is 0.450. The molecule has 0 bridgehead atoms. The predicted molar refractivity (Wildman–Crippen MR) is 113 cm³/mol. The first kappa shape index (κ1) is 22.6. The molecule has 1 saturated heterocycles. The summed E-state index contributed by atoms with van der Waals surface area (Å²) in [5.41, 5.74) is 5.17. The van der Waals surface area contributed by atoms with Crippen LogP contribution in [0.1, 0.15) is 22.6 Å². The van der Waals surface area contributed by atoms with Gasteiger partial charge in [0.1, 0.15) is 16.9 Å². The maximum Gasteiger partial charge on any atom is 0.434 e. The zero-order valence-corrected chi connectivity index (χ0v) is 18.0. The van der Waals surface area contributed by atoms with E-state index in [1.165, 1.54) is 17.9 Å². The summed E-state index contributed by atoms with van der Waals surface area (Å²) in [5, 5.41) is 9.02. The number of hydrogen-bond acceptors (Lipinski definition) is 7. The Hall–Kier alpha value is -3.55. The minimum Gasteiger partial charge on any atom is -0.364 e. The Labute approximate surface area is 188 Å². The molecule has 4 aromatic rings. The van der Waals surface area contributed by atoms with Gasteiger partial charge in [0.05, 0.1) is 18.3 Å². The molecular formula is C19H18F4N8OS. The van der Waals surface area contributed by atoms with E-state index in [0.717, 1.165) is 22.4 Å². The number of amides is 1. The number of primary amides is 1. The van der Waals surface area contributed by atoms with Crippen LogP contribution in [-0.4, -0.2) is 54.5 Å². The highest BCUT2D eigenvalue weighted by atomic mass is 32.1. The number of nitrogens with zero attached hydrogens (tertiary/aromatic N) is 7. The Morgan fingerprint density at radius 3 is 2.67 bits per heavy atom. The summed E-state index contributed by atoms with van der Waals surface area (Å²) >= 11 is 0.782. The zero-order valence-electron chi connectivity index (χ0n) is 17.2. The second-order valence-electron chi connectivity index (χ2n) is 7.18. The van der Waals surface area contributed by atoms with Crippen molar-refractivity contribution in [3.8, 4) is 10.6 Å². The van der Waals surface area contributed by atoms with E-state index in [1.54, 1.807) is 4.52 Å². The van der Waals surface area contributed by atoms with Crippen LogP contribution in [-0.2, 0) is 13.2 Å². The first-order chi connectivity index (χ1) is 15.6. The van der Waals surface area contributed by atoms with E-state index in [9.17, 15) is 22.4 Å². The van der Waals surface area contributed by atoms with Crippen molar-refractivity contribution in [2.45, 2.75) is 18.8 Å². The van der Waals surface area contributed by atoms with Crippen molar-refractivity contribution < 1.29 is 22.4 Å². The minimum atomic E-state index is -4.51. The number of aromatic nitrogens is 6. The van der Waals surface area contributed by atoms with E-state index in [4.69, 9.17) is 5.73 Å². The van der Waals surface area contributed by atoms with Crippen LogP contribution >= 0.6 is 11.3 Å². The Balaban J connectivity index is 0.000000159. The highest BCUT2D eigenvalue weighted by Gasteiger charge is 2.34. The Morgan fingerprint density at radius 2 is 2.06 bits per heavy atom. The van der Waals surface area contributed by atoms with E-state index in [2.05, 4.69) is 20.2 Å². The fraction of sp³-hybridized carbons (Fsp3) is 0.316. The molecule has 33 heavy (non-hydrogen) atoms. The number of hydrogen-bond donors (Lipinski definition) is 1. The number of halogens is 4. The van der Waals surface area contributed by atoms with Crippen LogP contribution < -0.4 is 10.6 Å². The molecule has 0 aromatic carbocycles. The van der Waals surface area contributed by atoms with Gasteiger partial charge in [-0.05, 0) is 18.6 Å². The molecule has 1 atom stereocenters. The van der Waals surface area contributed by atoms with Crippen molar-refractivity contribution in [2.24, 2.45) is 12.8 Å². The molecule has 1 aliphatic heterocycles. The summed E-state index contributed by atoms with van der Waals surface area (Å²) in [4.78, 5) is 20.9. The van der Waals surface area contributed by atoms with Gasteiger partial charge < -0.3 is 10.6 Å². The van der Waals surface area contributed by atoms with Crippen molar-refractivity contribution in [3.05, 3.63) is 47.4 Å². The lowest BCUT2D eigenvalue weighted by Crippen LogP contribution is -2.21. The van der Waals surface area contributed by atoms with Crippen LogP contribution in [0, 0.1) is 0 Å². The number of thiazole rings is 1. The van der Waals surface area contributed by atoms with Crippen LogP contribution in [0.5, 0.6) is 0 Å². The lowest BCUT2D eigenvalue weighted by Gasteiger charge is -2.10. The maximum absolute atomic E-state index is 13.0. The SMILES string of the molecule is Cn1ncc(-c2nc(C(F)(F)F)cs2)c1C(N)=O.FC1CCN(c2nc3ccccn3n2)C1. The van der Waals surface area contributed by atoms with Crippen molar-refractivity contribution >= 4 is 28.8 Å². The molecule has 0 radical (unpaired) electrons. The van der Waals surface area contributed by atoms with Gasteiger partial charge in [-0.1, -0.05) is 6.07 Å². The lowest BCUT2D eigenvalue weighted by molar-refractivity contribution is -0.140. The molecule has 0 saturated carbocycles. The smallest absolute Gasteiger partial charge is 0.364 e. The molecule has 174 valence electrons. The highest BCUT2D eigenvalue weighted by Crippen LogP contribution is 2.34. The van der Waals surface area contributed by atoms with E-state index in [0.29, 0.717) is 25.5 Å². The molecule has 1 amide bonds. The third-order valence-electron chi connectivity index (χ3n) is 4.84. The molecular weight excluding hydrogens is 464 g/mol. The van der Waals surface area contributed by atoms with Crippen molar-refractivity contribution in [1.82, 2.24) is 29.4 Å². The van der Waals surface area contributed by atoms with Crippen LogP contribution in [0.2, 0.25) is 0 Å². The van der Waals surface area contributed by atoms with Crippen LogP contribution in [0.3, 0.4) is 0 Å². The van der Waals surface area contributed by atoms with Gasteiger partial charge in [0.2, 0.25) is 5.95 Å². The zero-order chi connectivity index (χ0) is 23.8. The Morgan fingerprint density at radius 1 is 1.27 bits per heavy atom. The van der Waals surface area contributed by atoms with Gasteiger partial charge in [0, 0.05) is 25.2 Å². The molecule has 1 fully saturated rings. The first-order valence-electron chi connectivity index (χ1n) is 9.69. The van der Waals surface area contributed by atoms with Gasteiger partial charge in [-0.15, -0.1) is 16.4 Å². The van der Waals surface area contributed by atoms with Crippen molar-refractivity contribution in [2.75, 3.05) is 18.0 Å². The fourth-order valence-electron chi connectivity index (χ4n) is 3.27. The number of anilines is 1. The number of carbonyl (C=O) groups is 1. The van der Waals surface area contributed by atoms with Crippen LogP contribution in [0.15, 0.2) is 36.0 Å². The number of alkyl halides is 4. The van der Waals surface area contributed by atoms with Gasteiger partial charge in [-0.25, -0.2) is 13.9 Å². The van der Waals surface area contributed by atoms with Gasteiger partial charge in [-0.2, -0.15) is 23.3 Å². The van der Waals surface area contributed by atoms with E-state index in [-0.39, 0.29) is 16.3 Å². The lowest BCUT2D eigenvalue weighted by atomic mass is 10.2. The average molecular weight is 482 g/mol. The van der Waals surface area contributed by atoms with Gasteiger partial charge in [0.25, 0.3) is 5.91 Å².